The van der Waals surface area contributed by atoms with Crippen molar-refractivity contribution < 1.29 is 14.0 Å². The fourth-order valence-electron chi connectivity index (χ4n) is 3.69. The zero-order valence-electron chi connectivity index (χ0n) is 19.0. The Morgan fingerprint density at radius 2 is 1.97 bits per heavy atom. The highest BCUT2D eigenvalue weighted by atomic mass is 32.2. The molecular formula is C24H31FN4O2S. The molecule has 1 aliphatic heterocycles. The smallest absolute Gasteiger partial charge is 0.270 e. The number of aromatic amines is 1. The molecule has 2 N–H and O–H groups in total. The van der Waals surface area contributed by atoms with Gasteiger partial charge in [0.25, 0.3) is 11.8 Å². The van der Waals surface area contributed by atoms with Crippen LogP contribution in [0.4, 0.5) is 4.39 Å². The number of amides is 2. The molecule has 1 aliphatic rings. The Kier molecular flexibility index (Phi) is 7.77. The molecule has 1 aromatic carbocycles. The second-order valence-electron chi connectivity index (χ2n) is 8.80. The van der Waals surface area contributed by atoms with Crippen molar-refractivity contribution in [3.63, 3.8) is 0 Å². The topological polar surface area (TPSA) is 77.6 Å². The third-order valence-electron chi connectivity index (χ3n) is 5.47. The van der Waals surface area contributed by atoms with Crippen molar-refractivity contribution in [2.24, 2.45) is 10.9 Å². The van der Waals surface area contributed by atoms with E-state index in [-0.39, 0.29) is 23.7 Å². The van der Waals surface area contributed by atoms with Gasteiger partial charge in [-0.05, 0) is 62.4 Å². The Balaban J connectivity index is 1.55. The number of hydrogen-bond acceptors (Lipinski definition) is 4. The molecule has 2 aromatic rings. The minimum Gasteiger partial charge on any atom is -0.358 e. The lowest BCUT2D eigenvalue weighted by Gasteiger charge is -2.26. The fraction of sp³-hybridized carbons (Fsp3) is 0.458. The minimum atomic E-state index is -0.663. The van der Waals surface area contributed by atoms with Crippen LogP contribution in [0.5, 0.6) is 0 Å². The number of rotatable bonds is 9. The summed E-state index contributed by atoms with van der Waals surface area (Å²) in [6, 6.07) is 9.78. The molecule has 8 heteroatoms. The van der Waals surface area contributed by atoms with Crippen LogP contribution in [0.25, 0.3) is 0 Å². The molecule has 3 rings (SSSR count). The number of nitrogens with zero attached hydrogens (tertiary/aromatic N) is 2. The van der Waals surface area contributed by atoms with Crippen LogP contribution in [-0.4, -0.2) is 44.7 Å². The zero-order chi connectivity index (χ0) is 23.3. The van der Waals surface area contributed by atoms with E-state index >= 15 is 0 Å². The molecule has 172 valence electrons. The first-order valence-corrected chi connectivity index (χ1v) is 11.8. The molecule has 6 nitrogen and oxygen atoms in total. The number of carbonyl (C=O) groups excluding carboxylic acids is 2. The normalized spacial score (nSPS) is 19.2. The van der Waals surface area contributed by atoms with Crippen LogP contribution in [0.1, 0.15) is 62.6 Å². The van der Waals surface area contributed by atoms with Crippen molar-refractivity contribution in [1.82, 2.24) is 15.2 Å². The van der Waals surface area contributed by atoms with Gasteiger partial charge in [-0.2, -0.15) is 4.99 Å². The van der Waals surface area contributed by atoms with E-state index < -0.39 is 4.75 Å². The first kappa shape index (κ1) is 24.0. The standard InChI is InChI=1S/C24H31FN4O2S/c1-16(2)15-29(21(30)20-7-5-13-26-20)14-6-12-24(4)22(31)28-23(32-24)27-17(3)18-8-10-19(25)11-9-18/h5,7-11,13,16-17,26H,6,12,14-15H2,1-4H3,(H,27,28,31)/t17-,24?/m0/s1. The number of nitrogens with one attached hydrogen (secondary N) is 2. The molecule has 2 amide bonds. The van der Waals surface area contributed by atoms with Gasteiger partial charge >= 0.3 is 0 Å². The first-order chi connectivity index (χ1) is 15.2. The predicted octanol–water partition coefficient (Wildman–Crippen LogP) is 4.77. The second kappa shape index (κ2) is 10.3. The first-order valence-electron chi connectivity index (χ1n) is 10.9. The van der Waals surface area contributed by atoms with Gasteiger partial charge in [0, 0.05) is 19.3 Å². The van der Waals surface area contributed by atoms with Crippen molar-refractivity contribution >= 4 is 28.7 Å². The molecule has 0 radical (unpaired) electrons. The lowest BCUT2D eigenvalue weighted by atomic mass is 10.0. The SMILES string of the molecule is CC(C)CN(CCCC1(C)SC(N[C@@H](C)c2ccc(F)cc2)=NC1=O)C(=O)c1ccc[nH]1. The van der Waals surface area contributed by atoms with E-state index in [0.717, 1.165) is 5.56 Å². The molecule has 0 spiro atoms. The van der Waals surface area contributed by atoms with Gasteiger partial charge in [0.2, 0.25) is 0 Å². The summed E-state index contributed by atoms with van der Waals surface area (Å²) >= 11 is 1.42. The van der Waals surface area contributed by atoms with E-state index in [1.54, 1.807) is 24.4 Å². The van der Waals surface area contributed by atoms with Gasteiger partial charge in [0.1, 0.15) is 16.3 Å². The average molecular weight is 459 g/mol. The fourth-order valence-corrected chi connectivity index (χ4v) is 4.86. The van der Waals surface area contributed by atoms with E-state index in [0.29, 0.717) is 42.7 Å². The summed E-state index contributed by atoms with van der Waals surface area (Å²) in [5, 5.41) is 3.84. The number of benzene rings is 1. The van der Waals surface area contributed by atoms with Gasteiger partial charge in [-0.25, -0.2) is 4.39 Å². The lowest BCUT2D eigenvalue weighted by Crippen LogP contribution is -2.36. The Morgan fingerprint density at radius 3 is 2.59 bits per heavy atom. The molecule has 2 atom stereocenters. The largest absolute Gasteiger partial charge is 0.358 e. The molecule has 0 saturated carbocycles. The Bertz CT molecular complexity index is 959. The van der Waals surface area contributed by atoms with E-state index in [4.69, 9.17) is 0 Å². The third-order valence-corrected chi connectivity index (χ3v) is 6.70. The summed E-state index contributed by atoms with van der Waals surface area (Å²) in [5.41, 5.74) is 1.50. The number of amidine groups is 1. The third kappa shape index (κ3) is 6.00. The van der Waals surface area contributed by atoms with E-state index in [9.17, 15) is 14.0 Å². The minimum absolute atomic E-state index is 0.0222. The van der Waals surface area contributed by atoms with Crippen LogP contribution >= 0.6 is 11.8 Å². The number of halogens is 1. The van der Waals surface area contributed by atoms with Gasteiger partial charge in [-0.15, -0.1) is 0 Å². The van der Waals surface area contributed by atoms with Crippen LogP contribution in [0.3, 0.4) is 0 Å². The van der Waals surface area contributed by atoms with Gasteiger partial charge in [-0.1, -0.05) is 37.7 Å². The van der Waals surface area contributed by atoms with Gasteiger partial charge in [0.05, 0.1) is 6.04 Å². The molecule has 0 bridgehead atoms. The number of carbonyl (C=O) groups is 2. The molecule has 1 unspecified atom stereocenters. The Hall–Kier alpha value is -2.61. The molecule has 0 saturated heterocycles. The lowest BCUT2D eigenvalue weighted by molar-refractivity contribution is -0.119. The van der Waals surface area contributed by atoms with Gasteiger partial charge in [-0.3, -0.25) is 9.59 Å². The number of thioether (sulfide) groups is 1. The summed E-state index contributed by atoms with van der Waals surface area (Å²) in [4.78, 5) is 34.5. The van der Waals surface area contributed by atoms with Crippen molar-refractivity contribution in [3.05, 3.63) is 59.7 Å². The van der Waals surface area contributed by atoms with Gasteiger partial charge in [0.15, 0.2) is 5.17 Å². The monoisotopic (exact) mass is 458 g/mol. The van der Waals surface area contributed by atoms with Crippen molar-refractivity contribution in [3.8, 4) is 0 Å². The summed E-state index contributed by atoms with van der Waals surface area (Å²) in [7, 11) is 0. The Labute approximate surface area is 193 Å². The van der Waals surface area contributed by atoms with Crippen molar-refractivity contribution in [2.45, 2.75) is 51.3 Å². The Morgan fingerprint density at radius 1 is 1.25 bits per heavy atom. The molecular weight excluding hydrogens is 427 g/mol. The average Bonchev–Trinajstić information content (AvgIpc) is 3.35. The number of aliphatic imine (C=N–C) groups is 1. The summed E-state index contributed by atoms with van der Waals surface area (Å²) in [6.07, 6.45) is 3.06. The highest BCUT2D eigenvalue weighted by Gasteiger charge is 2.41. The maximum absolute atomic E-state index is 13.2. The second-order valence-corrected chi connectivity index (χ2v) is 10.3. The highest BCUT2D eigenvalue weighted by Crippen LogP contribution is 2.37. The maximum Gasteiger partial charge on any atom is 0.270 e. The van der Waals surface area contributed by atoms with Gasteiger partial charge < -0.3 is 15.2 Å². The molecule has 0 aliphatic carbocycles. The van der Waals surface area contributed by atoms with Crippen LogP contribution in [0.2, 0.25) is 0 Å². The van der Waals surface area contributed by atoms with Crippen LogP contribution in [0, 0.1) is 11.7 Å². The van der Waals surface area contributed by atoms with Crippen LogP contribution in [-0.2, 0) is 4.79 Å². The maximum atomic E-state index is 13.2. The van der Waals surface area contributed by atoms with E-state index in [1.807, 2.05) is 24.8 Å². The summed E-state index contributed by atoms with van der Waals surface area (Å²) in [6.45, 7) is 9.26. The van der Waals surface area contributed by atoms with Crippen LogP contribution in [0.15, 0.2) is 47.6 Å². The van der Waals surface area contributed by atoms with Crippen molar-refractivity contribution in [1.29, 1.82) is 0 Å². The highest BCUT2D eigenvalue weighted by molar-refractivity contribution is 8.16. The number of aromatic nitrogens is 1. The molecule has 0 fully saturated rings. The molecule has 2 heterocycles. The quantitative estimate of drug-likeness (QED) is 0.567. The summed E-state index contributed by atoms with van der Waals surface area (Å²) in [5.74, 6) is -0.120. The molecule has 32 heavy (non-hydrogen) atoms. The zero-order valence-corrected chi connectivity index (χ0v) is 19.8. The van der Waals surface area contributed by atoms with E-state index in [1.165, 1.54) is 23.9 Å². The van der Waals surface area contributed by atoms with E-state index in [2.05, 4.69) is 29.1 Å². The summed E-state index contributed by atoms with van der Waals surface area (Å²) < 4.78 is 12.5. The molecule has 1 aromatic heterocycles. The number of hydrogen-bond donors (Lipinski definition) is 2. The predicted molar refractivity (Wildman–Crippen MR) is 127 cm³/mol. The number of H-pyrrole nitrogens is 1. The van der Waals surface area contributed by atoms with Crippen molar-refractivity contribution in [2.75, 3.05) is 13.1 Å². The van der Waals surface area contributed by atoms with Crippen LogP contribution < -0.4 is 5.32 Å².